The van der Waals surface area contributed by atoms with Crippen molar-refractivity contribution in [3.63, 3.8) is 0 Å². The quantitative estimate of drug-likeness (QED) is 0.804. The minimum absolute atomic E-state index is 0.181. The molecule has 92 valence electrons. The second-order valence-electron chi connectivity index (χ2n) is 4.96. The number of nitrogens with zero attached hydrogens (tertiary/aromatic N) is 2. The molecule has 1 aromatic heterocycles. The molecule has 0 N–H and O–H groups in total. The summed E-state index contributed by atoms with van der Waals surface area (Å²) in [6.45, 7) is 9.30. The topological polar surface area (TPSA) is 17.8 Å². The summed E-state index contributed by atoms with van der Waals surface area (Å²) in [4.78, 5) is 4.09. The molecule has 1 heterocycles. The molecule has 0 bridgehead atoms. The molecule has 0 aliphatic heterocycles. The zero-order chi connectivity index (χ0) is 12.7. The van der Waals surface area contributed by atoms with Gasteiger partial charge in [-0.15, -0.1) is 0 Å². The number of imidazole rings is 1. The molecule has 0 amide bonds. The zero-order valence-corrected chi connectivity index (χ0v) is 11.8. The first-order valence-electron chi connectivity index (χ1n) is 5.23. The Morgan fingerprint density at radius 1 is 1.25 bits per heavy atom. The number of halogens is 3. The molecule has 0 atom stereocenters. The Balaban J connectivity index is 3.44. The number of rotatable bonds is 2. The summed E-state index contributed by atoms with van der Waals surface area (Å²) in [7, 11) is 0. The lowest BCUT2D eigenvalue weighted by Gasteiger charge is -2.19. The van der Waals surface area contributed by atoms with E-state index in [1.165, 1.54) is 0 Å². The first kappa shape index (κ1) is 13.6. The first-order chi connectivity index (χ1) is 7.09. The summed E-state index contributed by atoms with van der Waals surface area (Å²) in [6.07, 6.45) is 0. The Morgan fingerprint density at radius 2 is 1.75 bits per heavy atom. The molecule has 0 spiro atoms. The van der Waals surface area contributed by atoms with E-state index in [1.807, 2.05) is 27.7 Å². The SMILES string of the molecule is CCn1c(C(C)(C)C)nc(C(C)(F)F)c1Br. The van der Waals surface area contributed by atoms with Crippen LogP contribution in [0.25, 0.3) is 0 Å². The summed E-state index contributed by atoms with van der Waals surface area (Å²) in [6, 6.07) is 0. The monoisotopic (exact) mass is 294 g/mol. The highest BCUT2D eigenvalue weighted by molar-refractivity contribution is 9.10. The fourth-order valence-electron chi connectivity index (χ4n) is 1.57. The molecule has 1 rings (SSSR count). The van der Waals surface area contributed by atoms with Crippen LogP contribution in [0.4, 0.5) is 8.78 Å². The molecule has 1 aromatic rings. The average molecular weight is 295 g/mol. The van der Waals surface area contributed by atoms with Crippen LogP contribution in [0.2, 0.25) is 0 Å². The maximum Gasteiger partial charge on any atom is 0.289 e. The van der Waals surface area contributed by atoms with Crippen molar-refractivity contribution in [3.8, 4) is 0 Å². The van der Waals surface area contributed by atoms with Crippen LogP contribution in [-0.4, -0.2) is 9.55 Å². The van der Waals surface area contributed by atoms with Crippen molar-refractivity contribution < 1.29 is 8.78 Å². The van der Waals surface area contributed by atoms with Gasteiger partial charge in [0.25, 0.3) is 5.92 Å². The van der Waals surface area contributed by atoms with Crippen molar-refractivity contribution in [2.75, 3.05) is 0 Å². The van der Waals surface area contributed by atoms with Gasteiger partial charge in [0.05, 0.1) is 0 Å². The van der Waals surface area contributed by atoms with Crippen molar-refractivity contribution >= 4 is 15.9 Å². The van der Waals surface area contributed by atoms with Gasteiger partial charge >= 0.3 is 0 Å². The van der Waals surface area contributed by atoms with Gasteiger partial charge in [-0.1, -0.05) is 20.8 Å². The molecule has 0 saturated heterocycles. The number of hydrogen-bond donors (Lipinski definition) is 0. The van der Waals surface area contributed by atoms with Crippen LogP contribution in [0.15, 0.2) is 4.60 Å². The second kappa shape index (κ2) is 4.09. The van der Waals surface area contributed by atoms with Crippen molar-refractivity contribution in [1.82, 2.24) is 9.55 Å². The maximum absolute atomic E-state index is 13.3. The molecular weight excluding hydrogens is 278 g/mol. The molecule has 0 aromatic carbocycles. The second-order valence-corrected chi connectivity index (χ2v) is 5.71. The van der Waals surface area contributed by atoms with Crippen LogP contribution in [0.5, 0.6) is 0 Å². The van der Waals surface area contributed by atoms with Crippen LogP contribution in [0.3, 0.4) is 0 Å². The molecule has 5 heteroatoms. The lowest BCUT2D eigenvalue weighted by atomic mass is 9.96. The Bertz CT molecular complexity index is 386. The van der Waals surface area contributed by atoms with Gasteiger partial charge in [-0.05, 0) is 22.9 Å². The fraction of sp³-hybridized carbons (Fsp3) is 0.727. The molecule has 0 radical (unpaired) electrons. The highest BCUT2D eigenvalue weighted by Gasteiger charge is 2.35. The lowest BCUT2D eigenvalue weighted by molar-refractivity contribution is 0.0121. The van der Waals surface area contributed by atoms with E-state index in [-0.39, 0.29) is 11.1 Å². The standard InChI is InChI=1S/C11H17BrF2N2/c1-6-16-8(12)7(11(5,13)14)15-9(16)10(2,3)4/h6H2,1-5H3. The lowest BCUT2D eigenvalue weighted by Crippen LogP contribution is -2.18. The molecule has 0 unspecified atom stereocenters. The van der Waals surface area contributed by atoms with Crippen LogP contribution in [0.1, 0.15) is 46.1 Å². The van der Waals surface area contributed by atoms with E-state index >= 15 is 0 Å². The normalized spacial score (nSPS) is 13.2. The summed E-state index contributed by atoms with van der Waals surface area (Å²) >= 11 is 3.21. The Hall–Kier alpha value is -0.450. The fourth-order valence-corrected chi connectivity index (χ4v) is 2.43. The summed E-state index contributed by atoms with van der Waals surface area (Å²) in [5, 5.41) is 0. The average Bonchev–Trinajstić information content (AvgIpc) is 2.40. The van der Waals surface area contributed by atoms with Gasteiger partial charge in [0, 0.05) is 18.9 Å². The molecule has 0 aliphatic carbocycles. The highest BCUT2D eigenvalue weighted by Crippen LogP contribution is 2.36. The van der Waals surface area contributed by atoms with Crippen molar-refractivity contribution in [2.45, 2.75) is 52.5 Å². The first-order valence-corrected chi connectivity index (χ1v) is 6.03. The van der Waals surface area contributed by atoms with Crippen LogP contribution < -0.4 is 0 Å². The van der Waals surface area contributed by atoms with Crippen molar-refractivity contribution in [2.24, 2.45) is 0 Å². The Kier molecular flexibility index (Phi) is 3.48. The number of hydrogen-bond acceptors (Lipinski definition) is 1. The van der Waals surface area contributed by atoms with E-state index in [9.17, 15) is 8.78 Å². The highest BCUT2D eigenvalue weighted by atomic mass is 79.9. The third-order valence-corrected chi connectivity index (χ3v) is 3.11. The molecule has 16 heavy (non-hydrogen) atoms. The summed E-state index contributed by atoms with van der Waals surface area (Å²) in [5.74, 6) is -2.24. The van der Waals surface area contributed by atoms with Gasteiger partial charge in [-0.3, -0.25) is 0 Å². The summed E-state index contributed by atoms with van der Waals surface area (Å²) < 4.78 is 28.8. The maximum atomic E-state index is 13.3. The van der Waals surface area contributed by atoms with E-state index in [1.54, 1.807) is 4.57 Å². The predicted molar refractivity (Wildman–Crippen MR) is 63.9 cm³/mol. The van der Waals surface area contributed by atoms with Gasteiger partial charge in [-0.2, -0.15) is 8.78 Å². The largest absolute Gasteiger partial charge is 0.322 e. The zero-order valence-electron chi connectivity index (χ0n) is 10.2. The third kappa shape index (κ3) is 2.44. The van der Waals surface area contributed by atoms with E-state index in [0.29, 0.717) is 17.0 Å². The molecule has 2 nitrogen and oxygen atoms in total. The number of alkyl halides is 2. The Morgan fingerprint density at radius 3 is 2.00 bits per heavy atom. The minimum atomic E-state index is -2.92. The van der Waals surface area contributed by atoms with E-state index in [0.717, 1.165) is 6.92 Å². The van der Waals surface area contributed by atoms with Gasteiger partial charge in [0.2, 0.25) is 0 Å². The third-order valence-electron chi connectivity index (χ3n) is 2.31. The molecule has 0 saturated carbocycles. The predicted octanol–water partition coefficient (Wildman–Crippen LogP) is 4.07. The van der Waals surface area contributed by atoms with Crippen LogP contribution >= 0.6 is 15.9 Å². The van der Waals surface area contributed by atoms with Crippen molar-refractivity contribution in [1.29, 1.82) is 0 Å². The van der Waals surface area contributed by atoms with Gasteiger partial charge in [0.15, 0.2) is 0 Å². The summed E-state index contributed by atoms with van der Waals surface area (Å²) in [5.41, 5.74) is -0.429. The van der Waals surface area contributed by atoms with Crippen LogP contribution in [-0.2, 0) is 17.9 Å². The molecule has 0 aliphatic rings. The van der Waals surface area contributed by atoms with E-state index < -0.39 is 5.92 Å². The van der Waals surface area contributed by atoms with E-state index in [4.69, 9.17) is 0 Å². The van der Waals surface area contributed by atoms with Gasteiger partial charge < -0.3 is 4.57 Å². The minimum Gasteiger partial charge on any atom is -0.322 e. The van der Waals surface area contributed by atoms with E-state index in [2.05, 4.69) is 20.9 Å². The molecule has 0 fully saturated rings. The molecular formula is C11H17BrF2N2. The Labute approximate surface area is 103 Å². The van der Waals surface area contributed by atoms with Gasteiger partial charge in [0.1, 0.15) is 16.1 Å². The smallest absolute Gasteiger partial charge is 0.289 e. The van der Waals surface area contributed by atoms with Gasteiger partial charge in [-0.25, -0.2) is 4.98 Å². The number of aromatic nitrogens is 2. The van der Waals surface area contributed by atoms with Crippen LogP contribution in [0, 0.1) is 0 Å². The van der Waals surface area contributed by atoms with Crippen molar-refractivity contribution in [3.05, 3.63) is 16.1 Å².